The molecule has 0 bridgehead atoms. The van der Waals surface area contributed by atoms with Crippen LogP contribution in [0.15, 0.2) is 47.6 Å². The second kappa shape index (κ2) is 16.4. The number of aliphatic imine (C=N–C) groups is 1. The minimum Gasteiger partial charge on any atom is -0.497 e. The van der Waals surface area contributed by atoms with E-state index < -0.39 is 0 Å². The molecule has 1 amide bonds. The third-order valence-corrected chi connectivity index (χ3v) is 5.56. The van der Waals surface area contributed by atoms with Crippen molar-refractivity contribution in [2.45, 2.75) is 66.3 Å². The summed E-state index contributed by atoms with van der Waals surface area (Å²) in [4.78, 5) is 17.0. The van der Waals surface area contributed by atoms with E-state index in [4.69, 9.17) is 10.5 Å². The highest BCUT2D eigenvalue weighted by molar-refractivity contribution is 6.09. The largest absolute Gasteiger partial charge is 0.497 e. The summed E-state index contributed by atoms with van der Waals surface area (Å²) >= 11 is 0. The lowest BCUT2D eigenvalue weighted by Crippen LogP contribution is -2.27. The number of amides is 1. The molecular weight excluding hydrogens is 436 g/mol. The Morgan fingerprint density at radius 3 is 2.37 bits per heavy atom. The lowest BCUT2D eigenvalue weighted by atomic mass is 9.99. The third kappa shape index (κ3) is 9.85. The normalized spacial score (nSPS) is 12.0. The molecule has 4 N–H and O–H groups in total. The number of carbonyl (C=O) groups excluding carboxylic acids is 1. The fourth-order valence-electron chi connectivity index (χ4n) is 3.47. The highest BCUT2D eigenvalue weighted by atomic mass is 16.5. The minimum absolute atomic E-state index is 0.116. The van der Waals surface area contributed by atoms with Crippen LogP contribution in [0.3, 0.4) is 0 Å². The van der Waals surface area contributed by atoms with Gasteiger partial charge in [0.15, 0.2) is 0 Å². The highest BCUT2D eigenvalue weighted by Gasteiger charge is 2.16. The van der Waals surface area contributed by atoms with Gasteiger partial charge in [-0.15, -0.1) is 0 Å². The molecule has 2 aromatic rings. The molecule has 0 saturated heterocycles. The molecule has 0 radical (unpaired) electrons. The molecule has 6 heteroatoms. The standard InChI is InChI=1S/C24H32N4O2.C5H12/c1-6-9-27-21-8-7-16(2)23(13-21)24(29)28-17(3)18-10-19(12-22(11-18)30-5)20(14-25)15-26-4;1-3-5-4-2/h7-8,10-15,17,27H,6,9,25H2,1-5H3,(H,28,29);3-5H2,1-2H3/b20-14+,26-15?;. The van der Waals surface area contributed by atoms with Gasteiger partial charge in [-0.2, -0.15) is 0 Å². The Morgan fingerprint density at radius 1 is 1.11 bits per heavy atom. The monoisotopic (exact) mass is 480 g/mol. The van der Waals surface area contributed by atoms with Crippen molar-refractivity contribution >= 4 is 23.4 Å². The number of hydrogen-bond acceptors (Lipinski definition) is 5. The molecule has 0 aliphatic carbocycles. The Labute approximate surface area is 212 Å². The number of unbranched alkanes of at least 4 members (excludes halogenated alkanes) is 2. The van der Waals surface area contributed by atoms with Crippen molar-refractivity contribution in [2.24, 2.45) is 10.7 Å². The van der Waals surface area contributed by atoms with Gasteiger partial charge in [0.1, 0.15) is 5.75 Å². The van der Waals surface area contributed by atoms with Gasteiger partial charge in [-0.25, -0.2) is 0 Å². The topological polar surface area (TPSA) is 88.7 Å². The molecule has 0 aliphatic rings. The van der Waals surface area contributed by atoms with Crippen molar-refractivity contribution < 1.29 is 9.53 Å². The van der Waals surface area contributed by atoms with Crippen LogP contribution in [-0.2, 0) is 0 Å². The van der Waals surface area contributed by atoms with E-state index in [0.29, 0.717) is 11.3 Å². The van der Waals surface area contributed by atoms with E-state index in [-0.39, 0.29) is 11.9 Å². The first kappa shape index (κ1) is 29.8. The summed E-state index contributed by atoms with van der Waals surface area (Å²) in [6.45, 7) is 11.3. The molecule has 0 fully saturated rings. The number of aryl methyl sites for hydroxylation is 1. The number of hydrogen-bond donors (Lipinski definition) is 3. The van der Waals surface area contributed by atoms with Gasteiger partial charge in [0, 0.05) is 42.8 Å². The number of rotatable bonds is 11. The summed E-state index contributed by atoms with van der Waals surface area (Å²) in [5, 5.41) is 6.43. The van der Waals surface area contributed by atoms with Crippen LogP contribution in [0.5, 0.6) is 5.75 Å². The Morgan fingerprint density at radius 2 is 1.83 bits per heavy atom. The molecule has 6 nitrogen and oxygen atoms in total. The van der Waals surface area contributed by atoms with Gasteiger partial charge >= 0.3 is 0 Å². The van der Waals surface area contributed by atoms with Crippen molar-refractivity contribution in [1.82, 2.24) is 5.32 Å². The number of nitrogens with one attached hydrogen (secondary N) is 2. The molecule has 2 aromatic carbocycles. The molecule has 1 atom stereocenters. The summed E-state index contributed by atoms with van der Waals surface area (Å²) in [5.74, 6) is 0.573. The van der Waals surface area contributed by atoms with Gasteiger partial charge in [-0.1, -0.05) is 46.1 Å². The van der Waals surface area contributed by atoms with Crippen LogP contribution in [0.25, 0.3) is 5.57 Å². The van der Waals surface area contributed by atoms with E-state index in [2.05, 4.69) is 36.4 Å². The molecule has 0 aliphatic heterocycles. The first-order valence-corrected chi connectivity index (χ1v) is 12.5. The number of methoxy groups -OCH3 is 1. The van der Waals surface area contributed by atoms with Gasteiger partial charge in [-0.3, -0.25) is 9.79 Å². The molecular formula is C29H44N4O2. The predicted octanol–water partition coefficient (Wildman–Crippen LogP) is 6.51. The van der Waals surface area contributed by atoms with Gasteiger partial charge in [0.05, 0.1) is 13.2 Å². The highest BCUT2D eigenvalue weighted by Crippen LogP contribution is 2.26. The van der Waals surface area contributed by atoms with Crippen LogP contribution < -0.4 is 21.1 Å². The van der Waals surface area contributed by atoms with Crippen LogP contribution in [0, 0.1) is 6.92 Å². The van der Waals surface area contributed by atoms with Crippen molar-refractivity contribution in [2.75, 3.05) is 26.0 Å². The van der Waals surface area contributed by atoms with Crippen LogP contribution in [0.2, 0.25) is 0 Å². The zero-order valence-corrected chi connectivity index (χ0v) is 22.6. The van der Waals surface area contributed by atoms with Crippen molar-refractivity contribution in [3.8, 4) is 5.75 Å². The second-order valence-corrected chi connectivity index (χ2v) is 8.51. The minimum atomic E-state index is -0.226. The molecule has 0 heterocycles. The van der Waals surface area contributed by atoms with Crippen LogP contribution in [0.1, 0.15) is 86.5 Å². The van der Waals surface area contributed by atoms with E-state index in [9.17, 15) is 4.79 Å². The van der Waals surface area contributed by atoms with Crippen molar-refractivity contribution in [1.29, 1.82) is 0 Å². The maximum absolute atomic E-state index is 13.0. The summed E-state index contributed by atoms with van der Waals surface area (Å²) in [6, 6.07) is 11.4. The Balaban J connectivity index is 0.00000111. The summed E-state index contributed by atoms with van der Waals surface area (Å²) < 4.78 is 5.45. The number of anilines is 1. The molecule has 0 spiro atoms. The molecule has 192 valence electrons. The molecule has 2 rings (SSSR count). The average molecular weight is 481 g/mol. The Kier molecular flexibility index (Phi) is 13.9. The zero-order valence-electron chi connectivity index (χ0n) is 22.6. The average Bonchev–Trinajstić information content (AvgIpc) is 2.87. The number of nitrogens with two attached hydrogens (primary N) is 1. The van der Waals surface area contributed by atoms with Gasteiger partial charge in [0.25, 0.3) is 5.91 Å². The second-order valence-electron chi connectivity index (χ2n) is 8.51. The third-order valence-electron chi connectivity index (χ3n) is 5.56. The first-order valence-electron chi connectivity index (χ1n) is 12.5. The van der Waals surface area contributed by atoms with Crippen LogP contribution in [-0.4, -0.2) is 32.8 Å². The lowest BCUT2D eigenvalue weighted by Gasteiger charge is -2.18. The molecule has 0 aromatic heterocycles. The van der Waals surface area contributed by atoms with E-state index in [1.807, 2.05) is 50.2 Å². The Bertz CT molecular complexity index is 981. The maximum atomic E-state index is 13.0. The van der Waals surface area contributed by atoms with Gasteiger partial charge < -0.3 is 21.1 Å². The molecule has 35 heavy (non-hydrogen) atoms. The van der Waals surface area contributed by atoms with Gasteiger partial charge in [0.2, 0.25) is 0 Å². The van der Waals surface area contributed by atoms with E-state index >= 15 is 0 Å². The quantitative estimate of drug-likeness (QED) is 0.320. The Hall–Kier alpha value is -3.28. The number of allylic oxidation sites excluding steroid dienone is 1. The number of carbonyl (C=O) groups is 1. The van der Waals surface area contributed by atoms with E-state index in [1.165, 1.54) is 25.5 Å². The fourth-order valence-corrected chi connectivity index (χ4v) is 3.47. The first-order chi connectivity index (χ1) is 16.8. The van der Waals surface area contributed by atoms with Crippen LogP contribution in [0.4, 0.5) is 5.69 Å². The summed E-state index contributed by atoms with van der Waals surface area (Å²) in [6.07, 6.45) is 8.30. The number of benzene rings is 2. The number of nitrogens with zero attached hydrogens (tertiary/aromatic N) is 1. The summed E-state index contributed by atoms with van der Waals surface area (Å²) in [5.41, 5.74) is 10.9. The number of ether oxygens (including phenoxy) is 1. The SMILES string of the molecule is CCCCC.CCCNc1ccc(C)c(C(=O)NC(C)c2cc(OC)cc(/C(C=NC)=C/N)c2)c1. The predicted molar refractivity (Wildman–Crippen MR) is 151 cm³/mol. The van der Waals surface area contributed by atoms with E-state index in [0.717, 1.165) is 40.9 Å². The van der Waals surface area contributed by atoms with E-state index in [1.54, 1.807) is 20.4 Å². The smallest absolute Gasteiger partial charge is 0.252 e. The zero-order chi connectivity index (χ0) is 26.2. The van der Waals surface area contributed by atoms with Crippen LogP contribution >= 0.6 is 0 Å². The fraction of sp³-hybridized carbons (Fsp3) is 0.448. The molecule has 0 saturated carbocycles. The maximum Gasteiger partial charge on any atom is 0.252 e. The lowest BCUT2D eigenvalue weighted by molar-refractivity contribution is 0.0939. The van der Waals surface area contributed by atoms with Crippen molar-refractivity contribution in [3.05, 3.63) is 64.9 Å². The summed E-state index contributed by atoms with van der Waals surface area (Å²) in [7, 11) is 3.31. The van der Waals surface area contributed by atoms with Crippen molar-refractivity contribution in [3.63, 3.8) is 0 Å². The molecule has 1 unspecified atom stereocenters. The van der Waals surface area contributed by atoms with Gasteiger partial charge in [-0.05, 0) is 67.3 Å².